The number of amides is 2. The summed E-state index contributed by atoms with van der Waals surface area (Å²) in [6, 6.07) is 3.30. The average molecular weight is 621 g/mol. The fourth-order valence-corrected chi connectivity index (χ4v) is 6.79. The molecule has 234 valence electrons. The lowest BCUT2D eigenvalue weighted by atomic mass is 9.93. The van der Waals surface area contributed by atoms with Gasteiger partial charge in [0.25, 0.3) is 11.8 Å². The molecule has 1 aromatic heterocycles. The molecule has 2 saturated heterocycles. The third-order valence-corrected chi connectivity index (χ3v) is 9.65. The Morgan fingerprint density at radius 3 is 2.70 bits per heavy atom. The van der Waals surface area contributed by atoms with Gasteiger partial charge in [-0.3, -0.25) is 19.2 Å². The van der Waals surface area contributed by atoms with E-state index in [9.17, 15) is 22.8 Å². The van der Waals surface area contributed by atoms with Crippen molar-refractivity contribution in [2.24, 2.45) is 16.3 Å². The number of alkyl halides is 3. The van der Waals surface area contributed by atoms with Crippen LogP contribution in [0.15, 0.2) is 42.2 Å². The lowest BCUT2D eigenvalue weighted by molar-refractivity contribution is -0.192. The third kappa shape index (κ3) is 6.72. The highest BCUT2D eigenvalue weighted by molar-refractivity contribution is 8.13. The number of halogens is 3. The Balaban J connectivity index is 1.37. The van der Waals surface area contributed by atoms with Crippen LogP contribution in [0.5, 0.6) is 0 Å². The number of ether oxygens (including phenoxy) is 1. The van der Waals surface area contributed by atoms with E-state index in [0.717, 1.165) is 37.8 Å². The number of hydrogen-bond acceptors (Lipinski definition) is 8. The Hall–Kier alpha value is -3.06. The highest BCUT2D eigenvalue weighted by Gasteiger charge is 2.62. The summed E-state index contributed by atoms with van der Waals surface area (Å²) in [6.07, 6.45) is -0.307. The molecule has 9 nitrogen and oxygen atoms in total. The Bertz CT molecular complexity index is 1310. The maximum Gasteiger partial charge on any atom is 0.394 e. The predicted octanol–water partition coefficient (Wildman–Crippen LogP) is 5.36. The second kappa shape index (κ2) is 12.1. The summed E-state index contributed by atoms with van der Waals surface area (Å²) in [5, 5.41) is 3.70. The third-order valence-electron chi connectivity index (χ3n) is 8.89. The summed E-state index contributed by atoms with van der Waals surface area (Å²) >= 11 is 1.03. The van der Waals surface area contributed by atoms with E-state index in [2.05, 4.69) is 46.9 Å². The van der Waals surface area contributed by atoms with Gasteiger partial charge in [-0.1, -0.05) is 13.2 Å². The lowest BCUT2D eigenvalue weighted by Crippen LogP contribution is -2.40. The molecule has 1 aromatic rings. The first-order valence-electron chi connectivity index (χ1n) is 14.7. The monoisotopic (exact) mass is 620 g/mol. The molecule has 2 atom stereocenters. The highest BCUT2D eigenvalue weighted by atomic mass is 32.2. The van der Waals surface area contributed by atoms with Gasteiger partial charge in [-0.25, -0.2) is 9.98 Å². The van der Waals surface area contributed by atoms with E-state index in [1.54, 1.807) is 12.1 Å². The molecule has 0 spiro atoms. The second-order valence-electron chi connectivity index (χ2n) is 12.4. The van der Waals surface area contributed by atoms with Crippen LogP contribution in [-0.2, 0) is 9.53 Å². The molecule has 1 saturated carbocycles. The first-order chi connectivity index (χ1) is 20.3. The Morgan fingerprint density at radius 2 is 2.00 bits per heavy atom. The number of rotatable bonds is 6. The van der Waals surface area contributed by atoms with Crippen molar-refractivity contribution in [1.29, 1.82) is 0 Å². The van der Waals surface area contributed by atoms with Crippen LogP contribution in [0.2, 0.25) is 0 Å². The number of pyridine rings is 1. The molecule has 2 amide bonds. The summed E-state index contributed by atoms with van der Waals surface area (Å²) < 4.78 is 48.4. The molecule has 2 unspecified atom stereocenters. The Morgan fingerprint density at radius 1 is 1.23 bits per heavy atom. The van der Waals surface area contributed by atoms with Crippen molar-refractivity contribution in [3.05, 3.63) is 42.8 Å². The number of fused-ring (bicyclic) bond motifs is 4. The zero-order chi connectivity index (χ0) is 31.0. The van der Waals surface area contributed by atoms with E-state index in [0.29, 0.717) is 53.5 Å². The fourth-order valence-electron chi connectivity index (χ4n) is 6.24. The van der Waals surface area contributed by atoms with E-state index in [-0.39, 0.29) is 43.2 Å². The van der Waals surface area contributed by atoms with Crippen LogP contribution in [0.4, 0.5) is 24.8 Å². The smallest absolute Gasteiger partial charge is 0.371 e. The summed E-state index contributed by atoms with van der Waals surface area (Å²) in [4.78, 5) is 39.7. The second-order valence-corrected chi connectivity index (χ2v) is 13.2. The molecule has 3 fully saturated rings. The Labute approximate surface area is 254 Å². The number of aromatic nitrogens is 1. The van der Waals surface area contributed by atoms with Gasteiger partial charge in [-0.05, 0) is 76.5 Å². The zero-order valence-electron chi connectivity index (χ0n) is 24.6. The number of nitrogens with zero attached hydrogens (tertiary/aromatic N) is 4. The van der Waals surface area contributed by atoms with Crippen LogP contribution < -0.4 is 19.8 Å². The van der Waals surface area contributed by atoms with Gasteiger partial charge < -0.3 is 15.0 Å². The van der Waals surface area contributed by atoms with Crippen LogP contribution in [0.1, 0.15) is 69.2 Å². The molecule has 0 aromatic carbocycles. The maximum atomic E-state index is 13.5. The van der Waals surface area contributed by atoms with Crippen LogP contribution in [0, 0.1) is 11.3 Å². The van der Waals surface area contributed by atoms with Crippen molar-refractivity contribution in [2.75, 3.05) is 36.0 Å². The highest BCUT2D eigenvalue weighted by Crippen LogP contribution is 2.60. The van der Waals surface area contributed by atoms with Crippen molar-refractivity contribution in [1.82, 2.24) is 15.0 Å². The minimum atomic E-state index is -4.25. The SMILES string of the molecule is C=C/C1=N\C(=C)NCCCC2CN(c3nc(N4CCC(OCCC5(C(F)(F)F)CC5)C4=O)ccc3C(=O)NS1)C(C)(C)C2. The number of hydrogen-bond donors (Lipinski definition) is 2. The summed E-state index contributed by atoms with van der Waals surface area (Å²) in [5.74, 6) is 1.03. The van der Waals surface area contributed by atoms with E-state index in [1.807, 2.05) is 0 Å². The number of anilines is 2. The average Bonchev–Trinajstić information content (AvgIpc) is 3.58. The molecule has 3 aliphatic heterocycles. The normalized spacial score (nSPS) is 26.9. The van der Waals surface area contributed by atoms with Gasteiger partial charge in [-0.15, -0.1) is 0 Å². The molecular formula is C30H39F3N6O3S. The minimum absolute atomic E-state index is 0.108. The molecular weight excluding hydrogens is 581 g/mol. The molecule has 4 heterocycles. The molecule has 1 aliphatic carbocycles. The molecule has 0 radical (unpaired) electrons. The first-order valence-corrected chi connectivity index (χ1v) is 15.5. The molecule has 13 heteroatoms. The molecule has 43 heavy (non-hydrogen) atoms. The van der Waals surface area contributed by atoms with E-state index >= 15 is 0 Å². The van der Waals surface area contributed by atoms with E-state index in [1.165, 1.54) is 11.0 Å². The van der Waals surface area contributed by atoms with Crippen molar-refractivity contribution in [3.63, 3.8) is 0 Å². The molecule has 2 N–H and O–H groups in total. The van der Waals surface area contributed by atoms with E-state index in [4.69, 9.17) is 9.72 Å². The topological polar surface area (TPSA) is 99.2 Å². The lowest BCUT2D eigenvalue weighted by Gasteiger charge is -2.34. The fraction of sp³-hybridized carbons (Fsp3) is 0.600. The van der Waals surface area contributed by atoms with Gasteiger partial charge in [0.05, 0.1) is 11.0 Å². The molecule has 5 rings (SSSR count). The zero-order valence-corrected chi connectivity index (χ0v) is 25.5. The van der Waals surface area contributed by atoms with Gasteiger partial charge in [0.15, 0.2) is 0 Å². The van der Waals surface area contributed by atoms with Crippen molar-refractivity contribution in [2.45, 2.75) is 76.6 Å². The van der Waals surface area contributed by atoms with Crippen LogP contribution in [0.25, 0.3) is 0 Å². The minimum Gasteiger partial charge on any atom is -0.371 e. The van der Waals surface area contributed by atoms with Gasteiger partial charge in [0, 0.05) is 50.1 Å². The van der Waals surface area contributed by atoms with Gasteiger partial charge in [0.1, 0.15) is 28.6 Å². The van der Waals surface area contributed by atoms with Crippen LogP contribution in [0.3, 0.4) is 0 Å². The van der Waals surface area contributed by atoms with Crippen molar-refractivity contribution < 1.29 is 27.5 Å². The number of aliphatic imine (C=N–C) groups is 1. The Kier molecular flexibility index (Phi) is 8.86. The van der Waals surface area contributed by atoms with Crippen LogP contribution >= 0.6 is 11.9 Å². The number of carbonyl (C=O) groups excluding carboxylic acids is 2. The maximum absolute atomic E-state index is 13.5. The van der Waals surface area contributed by atoms with Crippen molar-refractivity contribution in [3.8, 4) is 0 Å². The standard InChI is InChI=1S/C30H39F3N6O3S/c1-5-24-35-19(2)34-14-6-7-20-17-28(3,4)39(18-20)25-21(26(40)37-43-24)8-9-23(36-25)38-15-10-22(27(38)41)42-16-13-29(11-12-29)30(31,32)33/h5,8-9,20,22,34H,1-2,6-7,10-18H2,3-4H3,(H,37,40)/b35-24+. The largest absolute Gasteiger partial charge is 0.394 e. The summed E-state index contributed by atoms with van der Waals surface area (Å²) in [7, 11) is 0. The quantitative estimate of drug-likeness (QED) is 0.414. The van der Waals surface area contributed by atoms with Gasteiger partial charge >= 0.3 is 6.18 Å². The molecule has 4 aliphatic rings. The summed E-state index contributed by atoms with van der Waals surface area (Å²) in [6.45, 7) is 13.6. The number of nitrogens with one attached hydrogen (secondary N) is 2. The number of carbonyl (C=O) groups is 2. The first kappa shape index (κ1) is 31.4. The van der Waals surface area contributed by atoms with Gasteiger partial charge in [-0.2, -0.15) is 13.2 Å². The summed E-state index contributed by atoms with van der Waals surface area (Å²) in [5.41, 5.74) is -1.60. The predicted molar refractivity (Wildman–Crippen MR) is 162 cm³/mol. The van der Waals surface area contributed by atoms with E-state index < -0.39 is 17.7 Å². The van der Waals surface area contributed by atoms with Gasteiger partial charge in [0.2, 0.25) is 0 Å². The van der Waals surface area contributed by atoms with Crippen LogP contribution in [-0.4, -0.2) is 65.9 Å². The van der Waals surface area contributed by atoms with Crippen molar-refractivity contribution >= 4 is 40.4 Å². The molecule has 2 bridgehead atoms.